The lowest BCUT2D eigenvalue weighted by Gasteiger charge is -2.33. The van der Waals surface area contributed by atoms with Crippen molar-refractivity contribution < 1.29 is 14.3 Å². The Morgan fingerprint density at radius 1 is 1.00 bits per heavy atom. The maximum Gasteiger partial charge on any atom is 0.409 e. The van der Waals surface area contributed by atoms with E-state index in [0.29, 0.717) is 38.6 Å². The fourth-order valence-corrected chi connectivity index (χ4v) is 3.12. The molecule has 28 heavy (non-hydrogen) atoms. The SMILES string of the molecule is CCOC(=O)N1CCN(C(=O)c2ccc(Nc3c(C)cccc3C)nn2)CC1. The van der Waals surface area contributed by atoms with Gasteiger partial charge in [-0.05, 0) is 44.0 Å². The third kappa shape index (κ3) is 4.39. The number of piperazine rings is 1. The minimum Gasteiger partial charge on any atom is -0.450 e. The van der Waals surface area contributed by atoms with Gasteiger partial charge in [0.1, 0.15) is 0 Å². The standard InChI is InChI=1S/C20H25N5O3/c1-4-28-20(27)25-12-10-24(11-13-25)19(26)16-8-9-17(23-22-16)21-18-14(2)6-5-7-15(18)3/h5-9H,4,10-13H2,1-3H3,(H,21,23). The minimum atomic E-state index is -0.337. The Morgan fingerprint density at radius 2 is 1.64 bits per heavy atom. The lowest BCUT2D eigenvalue weighted by molar-refractivity contribution is 0.0565. The quantitative estimate of drug-likeness (QED) is 0.873. The number of rotatable bonds is 4. The van der Waals surface area contributed by atoms with Crippen LogP contribution in [-0.4, -0.2) is 64.8 Å². The molecule has 1 aromatic carbocycles. The van der Waals surface area contributed by atoms with Crippen molar-refractivity contribution in [1.29, 1.82) is 0 Å². The Labute approximate surface area is 164 Å². The van der Waals surface area contributed by atoms with Gasteiger partial charge >= 0.3 is 6.09 Å². The molecular formula is C20H25N5O3. The number of amides is 2. The van der Waals surface area contributed by atoms with E-state index in [0.717, 1.165) is 16.8 Å². The summed E-state index contributed by atoms with van der Waals surface area (Å²) in [5.74, 6) is 0.399. The zero-order chi connectivity index (χ0) is 20.1. The number of nitrogens with zero attached hydrogens (tertiary/aromatic N) is 4. The van der Waals surface area contributed by atoms with Gasteiger partial charge < -0.3 is 19.9 Å². The number of hydrogen-bond donors (Lipinski definition) is 1. The van der Waals surface area contributed by atoms with E-state index in [-0.39, 0.29) is 17.7 Å². The number of hydrogen-bond acceptors (Lipinski definition) is 6. The molecule has 0 spiro atoms. The molecule has 0 unspecified atom stereocenters. The van der Waals surface area contributed by atoms with E-state index in [1.54, 1.807) is 28.9 Å². The van der Waals surface area contributed by atoms with Crippen LogP contribution >= 0.6 is 0 Å². The summed E-state index contributed by atoms with van der Waals surface area (Å²) in [6, 6.07) is 9.47. The highest BCUT2D eigenvalue weighted by molar-refractivity contribution is 5.92. The molecule has 0 saturated carbocycles. The summed E-state index contributed by atoms with van der Waals surface area (Å²) in [6.45, 7) is 7.95. The van der Waals surface area contributed by atoms with Crippen LogP contribution in [0, 0.1) is 13.8 Å². The summed E-state index contributed by atoms with van der Waals surface area (Å²) in [5, 5.41) is 11.5. The molecular weight excluding hydrogens is 358 g/mol. The summed E-state index contributed by atoms with van der Waals surface area (Å²) >= 11 is 0. The molecule has 0 atom stereocenters. The Morgan fingerprint density at radius 3 is 2.21 bits per heavy atom. The zero-order valence-electron chi connectivity index (χ0n) is 16.4. The third-order valence-electron chi connectivity index (χ3n) is 4.71. The van der Waals surface area contributed by atoms with Crippen molar-refractivity contribution in [2.75, 3.05) is 38.1 Å². The average Bonchev–Trinajstić information content (AvgIpc) is 2.71. The van der Waals surface area contributed by atoms with E-state index >= 15 is 0 Å². The first-order valence-corrected chi connectivity index (χ1v) is 9.37. The van der Waals surface area contributed by atoms with Gasteiger partial charge in [0.25, 0.3) is 5.91 Å². The van der Waals surface area contributed by atoms with E-state index in [1.165, 1.54) is 0 Å². The third-order valence-corrected chi connectivity index (χ3v) is 4.71. The maximum absolute atomic E-state index is 12.6. The number of para-hydroxylation sites is 1. The van der Waals surface area contributed by atoms with Crippen LogP contribution in [-0.2, 0) is 4.74 Å². The highest BCUT2D eigenvalue weighted by Crippen LogP contribution is 2.23. The van der Waals surface area contributed by atoms with Crippen LogP contribution in [0.3, 0.4) is 0 Å². The molecule has 1 saturated heterocycles. The van der Waals surface area contributed by atoms with Gasteiger partial charge in [-0.2, -0.15) is 0 Å². The van der Waals surface area contributed by atoms with E-state index in [4.69, 9.17) is 4.74 Å². The molecule has 0 bridgehead atoms. The van der Waals surface area contributed by atoms with Crippen LogP contribution in [0.15, 0.2) is 30.3 Å². The zero-order valence-corrected chi connectivity index (χ0v) is 16.4. The second kappa shape index (κ2) is 8.69. The lowest BCUT2D eigenvalue weighted by Crippen LogP contribution is -2.50. The number of benzene rings is 1. The molecule has 1 N–H and O–H groups in total. The Hall–Kier alpha value is -3.16. The van der Waals surface area contributed by atoms with Crippen molar-refractivity contribution >= 4 is 23.5 Å². The lowest BCUT2D eigenvalue weighted by atomic mass is 10.1. The smallest absolute Gasteiger partial charge is 0.409 e. The largest absolute Gasteiger partial charge is 0.450 e. The molecule has 1 aliphatic heterocycles. The number of aromatic nitrogens is 2. The van der Waals surface area contributed by atoms with E-state index in [9.17, 15) is 9.59 Å². The molecule has 2 amide bonds. The molecule has 1 aliphatic rings. The van der Waals surface area contributed by atoms with Crippen molar-refractivity contribution in [2.45, 2.75) is 20.8 Å². The second-order valence-corrected chi connectivity index (χ2v) is 6.67. The monoisotopic (exact) mass is 383 g/mol. The maximum atomic E-state index is 12.6. The van der Waals surface area contributed by atoms with Crippen LogP contribution in [0.1, 0.15) is 28.5 Å². The van der Waals surface area contributed by atoms with Gasteiger partial charge in [-0.1, -0.05) is 18.2 Å². The number of carbonyl (C=O) groups is 2. The van der Waals surface area contributed by atoms with Crippen LogP contribution < -0.4 is 5.32 Å². The van der Waals surface area contributed by atoms with Gasteiger partial charge in [-0.15, -0.1) is 10.2 Å². The number of ether oxygens (including phenoxy) is 1. The fourth-order valence-electron chi connectivity index (χ4n) is 3.12. The van der Waals surface area contributed by atoms with Crippen LogP contribution in [0.5, 0.6) is 0 Å². The van der Waals surface area contributed by atoms with Gasteiger partial charge in [0.05, 0.1) is 6.61 Å². The normalized spacial score (nSPS) is 14.0. The molecule has 148 valence electrons. The molecule has 8 heteroatoms. The van der Waals surface area contributed by atoms with Gasteiger partial charge in [0.15, 0.2) is 11.5 Å². The number of carbonyl (C=O) groups excluding carboxylic acids is 2. The van der Waals surface area contributed by atoms with Gasteiger partial charge in [0.2, 0.25) is 0 Å². The van der Waals surface area contributed by atoms with Crippen molar-refractivity contribution in [2.24, 2.45) is 0 Å². The summed E-state index contributed by atoms with van der Waals surface area (Å²) in [4.78, 5) is 27.7. The highest BCUT2D eigenvalue weighted by atomic mass is 16.6. The van der Waals surface area contributed by atoms with Crippen molar-refractivity contribution in [3.8, 4) is 0 Å². The first kappa shape index (κ1) is 19.6. The fraction of sp³-hybridized carbons (Fsp3) is 0.400. The van der Waals surface area contributed by atoms with Crippen LogP contribution in [0.4, 0.5) is 16.3 Å². The van der Waals surface area contributed by atoms with E-state index in [1.807, 2.05) is 32.0 Å². The summed E-state index contributed by atoms with van der Waals surface area (Å²) in [7, 11) is 0. The molecule has 2 aromatic rings. The predicted molar refractivity (Wildman–Crippen MR) is 106 cm³/mol. The van der Waals surface area contributed by atoms with Crippen molar-refractivity contribution in [3.63, 3.8) is 0 Å². The number of aryl methyl sites for hydroxylation is 2. The molecule has 8 nitrogen and oxygen atoms in total. The van der Waals surface area contributed by atoms with Crippen molar-refractivity contribution in [3.05, 3.63) is 47.2 Å². The first-order chi connectivity index (χ1) is 13.5. The number of anilines is 2. The Balaban J connectivity index is 1.61. The van der Waals surface area contributed by atoms with Crippen LogP contribution in [0.25, 0.3) is 0 Å². The molecule has 0 aliphatic carbocycles. The van der Waals surface area contributed by atoms with Crippen molar-refractivity contribution in [1.82, 2.24) is 20.0 Å². The Kier molecular flexibility index (Phi) is 6.08. The van der Waals surface area contributed by atoms with Gasteiger partial charge in [0, 0.05) is 31.9 Å². The topological polar surface area (TPSA) is 87.7 Å². The van der Waals surface area contributed by atoms with Gasteiger partial charge in [-0.25, -0.2) is 4.79 Å². The predicted octanol–water partition coefficient (Wildman–Crippen LogP) is 2.75. The molecule has 0 radical (unpaired) electrons. The molecule has 1 aromatic heterocycles. The summed E-state index contributed by atoms with van der Waals surface area (Å²) in [5.41, 5.74) is 3.51. The van der Waals surface area contributed by atoms with E-state index < -0.39 is 0 Å². The first-order valence-electron chi connectivity index (χ1n) is 9.37. The minimum absolute atomic E-state index is 0.186. The molecule has 2 heterocycles. The summed E-state index contributed by atoms with van der Waals surface area (Å²) < 4.78 is 4.99. The molecule has 3 rings (SSSR count). The van der Waals surface area contributed by atoms with Crippen LogP contribution in [0.2, 0.25) is 0 Å². The summed E-state index contributed by atoms with van der Waals surface area (Å²) in [6.07, 6.45) is -0.337. The Bertz CT molecular complexity index is 825. The number of nitrogens with one attached hydrogen (secondary N) is 1. The molecule has 1 fully saturated rings. The van der Waals surface area contributed by atoms with E-state index in [2.05, 4.69) is 15.5 Å². The highest BCUT2D eigenvalue weighted by Gasteiger charge is 2.26. The second-order valence-electron chi connectivity index (χ2n) is 6.67. The average molecular weight is 383 g/mol. The van der Waals surface area contributed by atoms with Gasteiger partial charge in [-0.3, -0.25) is 4.79 Å².